The second kappa shape index (κ2) is 17.4. The Hall–Kier alpha value is -0.0400. The Kier molecular flexibility index (Phi) is 18.6. The Morgan fingerprint density at radius 1 is 0.312 bits per heavy atom. The van der Waals surface area contributed by atoms with E-state index in [4.69, 9.17) is 4.74 Å². The summed E-state index contributed by atoms with van der Waals surface area (Å²) in [4.78, 5) is 0. The van der Waals surface area contributed by atoms with Crippen molar-refractivity contribution in [3.05, 3.63) is 0 Å². The van der Waals surface area contributed by atoms with Gasteiger partial charge in [-0.3, -0.25) is 0 Å². The average Bonchev–Trinajstić information content (AvgIpc) is 2.87. The van der Waals surface area contributed by atoms with Crippen molar-refractivity contribution >= 4 is 0 Å². The molecule has 0 amide bonds. The summed E-state index contributed by atoms with van der Waals surface area (Å²) in [6.07, 6.45) is 16.9. The van der Waals surface area contributed by atoms with Gasteiger partial charge in [0.25, 0.3) is 0 Å². The molecular formula is C31H66O. The molecule has 1 nitrogen and oxygen atoms in total. The molecule has 0 fully saturated rings. The van der Waals surface area contributed by atoms with Gasteiger partial charge in [0.05, 0.1) is 13.2 Å². The van der Waals surface area contributed by atoms with Crippen molar-refractivity contribution in [3.63, 3.8) is 0 Å². The molecule has 0 N–H and O–H groups in total. The van der Waals surface area contributed by atoms with Gasteiger partial charge in [0.1, 0.15) is 0 Å². The van der Waals surface area contributed by atoms with E-state index in [1.165, 1.54) is 83.5 Å². The van der Waals surface area contributed by atoms with Crippen molar-refractivity contribution in [1.82, 2.24) is 0 Å². The third-order valence-corrected chi connectivity index (χ3v) is 10.6. The maximum absolute atomic E-state index is 6.11. The van der Waals surface area contributed by atoms with Crippen molar-refractivity contribution in [2.75, 3.05) is 13.2 Å². The van der Waals surface area contributed by atoms with E-state index < -0.39 is 0 Å². The summed E-state index contributed by atoms with van der Waals surface area (Å²) >= 11 is 0. The highest BCUT2D eigenvalue weighted by molar-refractivity contribution is 4.86. The molecule has 0 atom stereocenters. The first-order chi connectivity index (χ1) is 15.1. The fourth-order valence-electron chi connectivity index (χ4n) is 5.64. The lowest BCUT2D eigenvalue weighted by Crippen LogP contribution is -2.30. The first kappa shape index (κ1) is 34.1. The van der Waals surface area contributed by atoms with Crippen LogP contribution in [-0.4, -0.2) is 13.2 Å². The molecular weight excluding hydrogens is 388 g/mol. The standard InChI is InChI=1S/C16H34O.C15H32/c1-7-15(8-2,9-3)13-17-14-16(10-4,11-5)12-6;1-7-14(8-2,9-3)13-15(10-4,11-5)12-6/h7-14H2,1-6H3;7-13H2,1-6H3. The predicted molar refractivity (Wildman–Crippen MR) is 149 cm³/mol. The number of rotatable bonds is 18. The number of hydrogen-bond acceptors (Lipinski definition) is 1. The van der Waals surface area contributed by atoms with Gasteiger partial charge in [-0.05, 0) is 66.6 Å². The molecule has 0 spiro atoms. The van der Waals surface area contributed by atoms with Crippen LogP contribution in [0.2, 0.25) is 0 Å². The quantitative estimate of drug-likeness (QED) is 0.200. The second-order valence-corrected chi connectivity index (χ2v) is 10.9. The zero-order chi connectivity index (χ0) is 25.3. The maximum Gasteiger partial charge on any atom is 0.0522 e. The normalized spacial score (nSPS) is 13.1. The SMILES string of the molecule is CCC(CC)(CC)CC(CC)(CC)CC.CCC(CC)(CC)COCC(CC)(CC)CC. The molecule has 0 aliphatic rings. The van der Waals surface area contributed by atoms with E-state index in [0.29, 0.717) is 21.7 Å². The second-order valence-electron chi connectivity index (χ2n) is 10.9. The highest BCUT2D eigenvalue weighted by Gasteiger charge is 2.35. The van der Waals surface area contributed by atoms with Crippen molar-refractivity contribution < 1.29 is 4.74 Å². The van der Waals surface area contributed by atoms with E-state index in [1.807, 2.05) is 0 Å². The fraction of sp³-hybridized carbons (Fsp3) is 1.00. The van der Waals surface area contributed by atoms with Gasteiger partial charge in [-0.15, -0.1) is 0 Å². The summed E-state index contributed by atoms with van der Waals surface area (Å²) in [5, 5.41) is 0. The largest absolute Gasteiger partial charge is 0.380 e. The highest BCUT2D eigenvalue weighted by Crippen LogP contribution is 2.47. The summed E-state index contributed by atoms with van der Waals surface area (Å²) in [5.74, 6) is 0. The van der Waals surface area contributed by atoms with Crippen molar-refractivity contribution in [2.24, 2.45) is 21.7 Å². The van der Waals surface area contributed by atoms with Crippen LogP contribution in [0.1, 0.15) is 167 Å². The molecule has 0 radical (unpaired) electrons. The third kappa shape index (κ3) is 10.1. The average molecular weight is 455 g/mol. The monoisotopic (exact) mass is 455 g/mol. The summed E-state index contributed by atoms with van der Waals surface area (Å²) < 4.78 is 6.11. The summed E-state index contributed by atoms with van der Waals surface area (Å²) in [6.45, 7) is 29.9. The van der Waals surface area contributed by atoms with Gasteiger partial charge in [-0.25, -0.2) is 0 Å². The van der Waals surface area contributed by atoms with E-state index in [1.54, 1.807) is 0 Å². The minimum absolute atomic E-state index is 0.418. The summed E-state index contributed by atoms with van der Waals surface area (Å²) in [6, 6.07) is 0. The van der Waals surface area contributed by atoms with Gasteiger partial charge in [0.15, 0.2) is 0 Å². The van der Waals surface area contributed by atoms with Crippen LogP contribution in [0.15, 0.2) is 0 Å². The Morgan fingerprint density at radius 2 is 0.500 bits per heavy atom. The van der Waals surface area contributed by atoms with Gasteiger partial charge < -0.3 is 4.74 Å². The molecule has 0 aromatic carbocycles. The van der Waals surface area contributed by atoms with Crippen LogP contribution in [-0.2, 0) is 4.74 Å². The Bertz CT molecular complexity index is 337. The molecule has 0 aliphatic carbocycles. The minimum Gasteiger partial charge on any atom is -0.380 e. The molecule has 0 bridgehead atoms. The lowest BCUT2D eigenvalue weighted by molar-refractivity contribution is -0.0181. The molecule has 0 aliphatic heterocycles. The van der Waals surface area contributed by atoms with Crippen LogP contribution in [0.4, 0.5) is 0 Å². The zero-order valence-corrected chi connectivity index (χ0v) is 25.0. The molecule has 32 heavy (non-hydrogen) atoms. The Labute approximate surface area is 206 Å². The Balaban J connectivity index is 0. The van der Waals surface area contributed by atoms with Crippen LogP contribution in [0, 0.1) is 21.7 Å². The molecule has 0 heterocycles. The minimum atomic E-state index is 0.418. The topological polar surface area (TPSA) is 9.23 Å². The fourth-order valence-corrected chi connectivity index (χ4v) is 5.64. The van der Waals surface area contributed by atoms with E-state index >= 15 is 0 Å². The van der Waals surface area contributed by atoms with Crippen molar-refractivity contribution in [3.8, 4) is 0 Å². The van der Waals surface area contributed by atoms with Crippen molar-refractivity contribution in [1.29, 1.82) is 0 Å². The molecule has 0 rings (SSSR count). The van der Waals surface area contributed by atoms with E-state index in [0.717, 1.165) is 13.2 Å². The molecule has 0 aromatic heterocycles. The molecule has 196 valence electrons. The third-order valence-electron chi connectivity index (χ3n) is 10.6. The molecule has 0 unspecified atom stereocenters. The van der Waals surface area contributed by atoms with Crippen LogP contribution in [0.5, 0.6) is 0 Å². The molecule has 1 heteroatoms. The maximum atomic E-state index is 6.11. The number of hydrogen-bond donors (Lipinski definition) is 0. The van der Waals surface area contributed by atoms with Gasteiger partial charge in [-0.2, -0.15) is 0 Å². The lowest BCUT2D eigenvalue weighted by atomic mass is 9.64. The van der Waals surface area contributed by atoms with Gasteiger partial charge in [0, 0.05) is 0 Å². The highest BCUT2D eigenvalue weighted by atomic mass is 16.5. The van der Waals surface area contributed by atoms with E-state index in [2.05, 4.69) is 83.1 Å². The predicted octanol–water partition coefficient (Wildman–Crippen LogP) is 11.2. The van der Waals surface area contributed by atoms with Gasteiger partial charge >= 0.3 is 0 Å². The summed E-state index contributed by atoms with van der Waals surface area (Å²) in [7, 11) is 0. The molecule has 0 saturated carbocycles. The van der Waals surface area contributed by atoms with Crippen molar-refractivity contribution in [2.45, 2.75) is 167 Å². The molecule has 0 aromatic rings. The van der Waals surface area contributed by atoms with Crippen LogP contribution < -0.4 is 0 Å². The van der Waals surface area contributed by atoms with E-state index in [-0.39, 0.29) is 0 Å². The number of ether oxygens (including phenoxy) is 1. The van der Waals surface area contributed by atoms with Crippen LogP contribution in [0.25, 0.3) is 0 Å². The zero-order valence-electron chi connectivity index (χ0n) is 25.0. The van der Waals surface area contributed by atoms with Crippen LogP contribution in [0.3, 0.4) is 0 Å². The van der Waals surface area contributed by atoms with Gasteiger partial charge in [0.2, 0.25) is 0 Å². The van der Waals surface area contributed by atoms with E-state index in [9.17, 15) is 0 Å². The first-order valence-corrected chi connectivity index (χ1v) is 14.7. The smallest absolute Gasteiger partial charge is 0.0522 e. The Morgan fingerprint density at radius 3 is 0.656 bits per heavy atom. The first-order valence-electron chi connectivity index (χ1n) is 14.7. The molecule has 0 saturated heterocycles. The summed E-state index contributed by atoms with van der Waals surface area (Å²) in [5.41, 5.74) is 2.06. The van der Waals surface area contributed by atoms with Gasteiger partial charge in [-0.1, -0.05) is 122 Å². The lowest BCUT2D eigenvalue weighted by Gasteiger charge is -2.42. The van der Waals surface area contributed by atoms with Crippen LogP contribution >= 0.6 is 0 Å².